The lowest BCUT2D eigenvalue weighted by molar-refractivity contribution is -0.122. The maximum absolute atomic E-state index is 16.7. The molecule has 7 heterocycles. The topological polar surface area (TPSA) is 133 Å². The van der Waals surface area contributed by atoms with Gasteiger partial charge in [-0.3, -0.25) is 19.2 Å². The summed E-state index contributed by atoms with van der Waals surface area (Å²) in [6, 6.07) is 12.2. The number of aromatic nitrogens is 1. The van der Waals surface area contributed by atoms with Gasteiger partial charge in [-0.15, -0.1) is 0 Å². The number of halogens is 1. The van der Waals surface area contributed by atoms with Crippen LogP contribution in [-0.4, -0.2) is 115 Å². The number of fused-ring (bicyclic) bond motifs is 5. The number of carbonyl (C=O) groups excluding carboxylic acids is 3. The van der Waals surface area contributed by atoms with Crippen LogP contribution in [0.25, 0.3) is 38.5 Å². The molecule has 5 aliphatic heterocycles. The summed E-state index contributed by atoms with van der Waals surface area (Å²) < 4.78 is 31.3. The van der Waals surface area contributed by atoms with Gasteiger partial charge in [0.2, 0.25) is 17.2 Å². The van der Waals surface area contributed by atoms with E-state index in [0.717, 1.165) is 62.9 Å². The highest BCUT2D eigenvalue weighted by Crippen LogP contribution is 2.49. The lowest BCUT2D eigenvalue weighted by Gasteiger charge is -2.29. The van der Waals surface area contributed by atoms with Gasteiger partial charge < -0.3 is 44.0 Å². The minimum Gasteiger partial charge on any atom is -0.456 e. The first-order valence-corrected chi connectivity index (χ1v) is 20.9. The lowest BCUT2D eigenvalue weighted by atomic mass is 10.0. The van der Waals surface area contributed by atoms with Gasteiger partial charge in [-0.1, -0.05) is 25.6 Å². The quantitative estimate of drug-likeness (QED) is 0.177. The summed E-state index contributed by atoms with van der Waals surface area (Å²) in [5, 5.41) is 7.97. The van der Waals surface area contributed by atoms with Crippen molar-refractivity contribution < 1.29 is 27.9 Å². The number of nitrogens with zero attached hydrogens (tertiary/aromatic N) is 5. The molecule has 2 atom stereocenters. The molecule has 5 aliphatic rings. The van der Waals surface area contributed by atoms with Crippen LogP contribution in [0.3, 0.4) is 0 Å². The van der Waals surface area contributed by atoms with Gasteiger partial charge in [-0.25, -0.2) is 4.39 Å². The van der Waals surface area contributed by atoms with E-state index in [1.54, 1.807) is 15.7 Å². The maximum Gasteiger partial charge on any atom is 0.259 e. The number of hydrogen-bond acceptors (Lipinski definition) is 9. The van der Waals surface area contributed by atoms with Gasteiger partial charge in [-0.05, 0) is 82.9 Å². The van der Waals surface area contributed by atoms with Gasteiger partial charge in [0.15, 0.2) is 17.3 Å². The third-order valence-electron chi connectivity index (χ3n) is 12.7. The molecular weight excluding hydrogens is 754 g/mol. The Morgan fingerprint density at radius 2 is 1.42 bits per heavy atom. The zero-order valence-electron chi connectivity index (χ0n) is 32.6. The summed E-state index contributed by atoms with van der Waals surface area (Å²) in [5.74, 6) is -0.576. The van der Waals surface area contributed by atoms with Gasteiger partial charge in [0, 0.05) is 87.2 Å². The molecule has 5 aromatic rings. The number of benzene rings is 3. The molecule has 4 fully saturated rings. The Balaban J connectivity index is 0.00000449. The number of nitrogens with one attached hydrogen (secondary N) is 2. The molecule has 0 unspecified atom stereocenters. The van der Waals surface area contributed by atoms with Gasteiger partial charge >= 0.3 is 0 Å². The number of ether oxygens (including phenoxy) is 1. The van der Waals surface area contributed by atoms with Crippen molar-refractivity contribution in [3.05, 3.63) is 70.3 Å². The first-order chi connectivity index (χ1) is 28.3. The summed E-state index contributed by atoms with van der Waals surface area (Å²) in [7, 11) is 0. The van der Waals surface area contributed by atoms with Crippen LogP contribution in [0.15, 0.2) is 57.9 Å². The number of amides is 3. The molecule has 0 saturated carbocycles. The molecule has 0 aliphatic carbocycles. The van der Waals surface area contributed by atoms with Crippen molar-refractivity contribution >= 4 is 56.3 Å². The number of pyridine rings is 1. The zero-order chi connectivity index (χ0) is 39.5. The van der Waals surface area contributed by atoms with E-state index in [-0.39, 0.29) is 60.3 Å². The predicted molar refractivity (Wildman–Crippen MR) is 225 cm³/mol. The Labute approximate surface area is 342 Å². The molecule has 13 nitrogen and oxygen atoms in total. The number of likely N-dealkylation sites (tertiary alicyclic amines) is 3. The molecule has 3 aromatic carbocycles. The number of hydrogen-bond donors (Lipinski definition) is 2. The van der Waals surface area contributed by atoms with Gasteiger partial charge in [0.25, 0.3) is 5.91 Å². The van der Waals surface area contributed by atoms with Crippen LogP contribution < -0.4 is 25.7 Å². The summed E-state index contributed by atoms with van der Waals surface area (Å²) in [6.45, 7) is 7.03. The van der Waals surface area contributed by atoms with E-state index < -0.39 is 17.2 Å². The lowest BCUT2D eigenvalue weighted by Crippen LogP contribution is -2.40. The summed E-state index contributed by atoms with van der Waals surface area (Å²) in [5.41, 5.74) is 1.71. The van der Waals surface area contributed by atoms with Crippen LogP contribution in [0, 0.1) is 5.82 Å². The van der Waals surface area contributed by atoms with E-state index in [1.165, 1.54) is 18.9 Å². The minimum absolute atomic E-state index is 0. The van der Waals surface area contributed by atoms with E-state index in [9.17, 15) is 19.2 Å². The second kappa shape index (κ2) is 15.9. The molecule has 0 radical (unpaired) electrons. The number of carbonyl (C=O) groups is 3. The van der Waals surface area contributed by atoms with E-state index in [0.29, 0.717) is 73.4 Å². The molecular formula is C45H52FN7O6. The minimum atomic E-state index is -0.645. The van der Waals surface area contributed by atoms with Crippen molar-refractivity contribution in [2.45, 2.75) is 70.9 Å². The first kappa shape index (κ1) is 39.0. The fourth-order valence-corrected chi connectivity index (χ4v) is 9.72. The van der Waals surface area contributed by atoms with Crippen molar-refractivity contribution in [1.29, 1.82) is 0 Å². The third kappa shape index (κ3) is 7.30. The molecule has 2 N–H and O–H groups in total. The van der Waals surface area contributed by atoms with Crippen LogP contribution in [0.2, 0.25) is 0 Å². The average molecular weight is 806 g/mol. The largest absolute Gasteiger partial charge is 0.456 e. The Bertz CT molecular complexity index is 2520. The van der Waals surface area contributed by atoms with Gasteiger partial charge in [0.1, 0.15) is 27.9 Å². The highest BCUT2D eigenvalue weighted by atomic mass is 19.1. The van der Waals surface area contributed by atoms with Crippen molar-refractivity contribution in [1.82, 2.24) is 29.9 Å². The molecule has 0 spiro atoms. The second-order valence-corrected chi connectivity index (χ2v) is 16.6. The molecule has 0 bridgehead atoms. The van der Waals surface area contributed by atoms with Gasteiger partial charge in [-0.2, -0.15) is 0 Å². The van der Waals surface area contributed by atoms with Crippen molar-refractivity contribution in [2.75, 3.05) is 70.3 Å². The standard InChI is InChI=1S/C44H48FN7O6.CH4/c45-33-21-31-40-43(41(33)50-19-9-27(24-50)46-38(53)11-17-48-13-3-4-14-48)58-37-22-30-29-7-1-2-8-35(29)57-36(30)23-34(37)52(40)26-32(42(31)55)44(56)51-20-10-28(25-51)47-39(54)12-18-49-15-5-6-16-49;/h1-2,7-8,21-23,26-28H,3-6,9-20,24-25H2,(H,46,53)(H,47,54);1H4/t27-,28-;/m1./s1. The Morgan fingerprint density at radius 3 is 2.14 bits per heavy atom. The second-order valence-electron chi connectivity index (χ2n) is 16.6. The normalized spacial score (nSPS) is 20.4. The van der Waals surface area contributed by atoms with Crippen molar-refractivity contribution in [2.24, 2.45) is 0 Å². The van der Waals surface area contributed by atoms with E-state index in [1.807, 2.05) is 41.3 Å². The van der Waals surface area contributed by atoms with E-state index in [4.69, 9.17) is 9.15 Å². The fourth-order valence-electron chi connectivity index (χ4n) is 9.72. The Hall–Kier alpha value is -5.47. The van der Waals surface area contributed by atoms with Crippen LogP contribution in [-0.2, 0) is 9.59 Å². The number of rotatable bonds is 10. The van der Waals surface area contributed by atoms with Crippen molar-refractivity contribution in [3.8, 4) is 17.2 Å². The number of anilines is 1. The third-order valence-corrected chi connectivity index (χ3v) is 12.7. The average Bonchev–Trinajstić information content (AvgIpc) is 4.08. The summed E-state index contributed by atoms with van der Waals surface area (Å²) in [6.07, 6.45) is 8.22. The monoisotopic (exact) mass is 805 g/mol. The molecule has 3 amide bonds. The molecule has 310 valence electrons. The summed E-state index contributed by atoms with van der Waals surface area (Å²) >= 11 is 0. The highest BCUT2D eigenvalue weighted by Gasteiger charge is 2.36. The maximum atomic E-state index is 16.7. The number of furan rings is 1. The van der Waals surface area contributed by atoms with E-state index in [2.05, 4.69) is 20.4 Å². The predicted octanol–water partition coefficient (Wildman–Crippen LogP) is 5.77. The summed E-state index contributed by atoms with van der Waals surface area (Å²) in [4.78, 5) is 62.4. The fraction of sp³-hybridized carbons (Fsp3) is 0.467. The molecule has 10 rings (SSSR count). The highest BCUT2D eigenvalue weighted by molar-refractivity contribution is 6.07. The zero-order valence-corrected chi connectivity index (χ0v) is 32.6. The van der Waals surface area contributed by atoms with Crippen LogP contribution in [0.1, 0.15) is 69.2 Å². The Morgan fingerprint density at radius 1 is 0.763 bits per heavy atom. The van der Waals surface area contributed by atoms with E-state index >= 15 is 4.39 Å². The smallest absolute Gasteiger partial charge is 0.259 e. The molecule has 59 heavy (non-hydrogen) atoms. The van der Waals surface area contributed by atoms with Gasteiger partial charge in [0.05, 0.1) is 11.1 Å². The molecule has 2 aromatic heterocycles. The number of para-hydroxylation sites is 1. The van der Waals surface area contributed by atoms with Crippen LogP contribution in [0.5, 0.6) is 11.5 Å². The SMILES string of the molecule is C.O=C(CCN1CCCC1)N[C@@H]1CCN(C(=O)c2cn3c4c(c(N5CC[C@@H](NC(=O)CCN6CCCC6)C5)c(F)cc4c2=O)Oc2cc4c(cc2-3)oc2ccccc24)C1. The first-order valence-electron chi connectivity index (χ1n) is 20.9. The van der Waals surface area contributed by atoms with Crippen LogP contribution >= 0.6 is 0 Å². The molecule has 14 heteroatoms. The van der Waals surface area contributed by atoms with Crippen molar-refractivity contribution in [3.63, 3.8) is 0 Å². The Kier molecular flexibility index (Phi) is 10.5. The molecule has 4 saturated heterocycles. The van der Waals surface area contributed by atoms with Crippen LogP contribution in [0.4, 0.5) is 10.1 Å².